The van der Waals surface area contributed by atoms with E-state index in [2.05, 4.69) is 13.8 Å². The highest BCUT2D eigenvalue weighted by atomic mass is 32.2. The average molecular weight is 707 g/mol. The molecule has 1 atom stereocenters. The summed E-state index contributed by atoms with van der Waals surface area (Å²) in [6.07, 6.45) is 30.9. The summed E-state index contributed by atoms with van der Waals surface area (Å²) in [5, 5.41) is 17.3. The molecule has 0 aromatic rings. The van der Waals surface area contributed by atoms with Crippen LogP contribution in [0.25, 0.3) is 0 Å². The molecule has 0 aromatic heterocycles. The summed E-state index contributed by atoms with van der Waals surface area (Å²) in [4.78, 5) is 24.4. The van der Waals surface area contributed by atoms with Crippen LogP contribution in [0.4, 0.5) is 0 Å². The number of carbonyl (C=O) groups is 2. The number of aliphatic carboxylic acids is 2. The Morgan fingerprint density at radius 2 is 0.771 bits per heavy atom. The third-order valence-corrected chi connectivity index (χ3v) is 10.9. The van der Waals surface area contributed by atoms with Gasteiger partial charge in [0.25, 0.3) is 10.1 Å². The van der Waals surface area contributed by atoms with E-state index in [0.29, 0.717) is 13.2 Å². The number of unbranched alkanes of at least 4 members (excludes halogenated alkanes) is 24. The Kier molecular flexibility index (Phi) is 30.9. The van der Waals surface area contributed by atoms with E-state index in [0.717, 1.165) is 38.5 Å². The Labute approximate surface area is 294 Å². The third-order valence-electron chi connectivity index (χ3n) is 9.62. The molecular formula is C38H74O9S. The van der Waals surface area contributed by atoms with Crippen LogP contribution in [0.5, 0.6) is 0 Å². The molecule has 0 saturated heterocycles. The lowest BCUT2D eigenvalue weighted by Gasteiger charge is -2.33. The quantitative estimate of drug-likeness (QED) is 0.0421. The van der Waals surface area contributed by atoms with Crippen molar-refractivity contribution in [1.82, 2.24) is 0 Å². The summed E-state index contributed by atoms with van der Waals surface area (Å²) >= 11 is 0. The molecule has 0 bridgehead atoms. The van der Waals surface area contributed by atoms with E-state index in [1.54, 1.807) is 0 Å². The molecule has 0 fully saturated rings. The number of hydrogen-bond donors (Lipinski definition) is 3. The summed E-state index contributed by atoms with van der Waals surface area (Å²) < 4.78 is 45.2. The van der Waals surface area contributed by atoms with Gasteiger partial charge in [0.15, 0.2) is 5.25 Å². The van der Waals surface area contributed by atoms with Gasteiger partial charge in [-0.3, -0.25) is 14.1 Å². The number of ether oxygens (including phenoxy) is 2. The van der Waals surface area contributed by atoms with E-state index in [1.807, 2.05) is 0 Å². The summed E-state index contributed by atoms with van der Waals surface area (Å²) in [7, 11) is -5.20. The van der Waals surface area contributed by atoms with Crippen molar-refractivity contribution in [2.24, 2.45) is 5.41 Å². The SMILES string of the molecule is CCCCCCCCCCCCCCCOCCC(CCOCCCCCCCCCCCCCCC)(C(=O)O)C(C(=O)O)S(=O)(=O)O. The molecule has 0 rings (SSSR count). The Morgan fingerprint density at radius 3 is 1.00 bits per heavy atom. The molecule has 48 heavy (non-hydrogen) atoms. The molecule has 0 amide bonds. The third kappa shape index (κ3) is 24.8. The van der Waals surface area contributed by atoms with Gasteiger partial charge in [0.1, 0.15) is 5.41 Å². The maximum Gasteiger partial charge on any atom is 0.325 e. The molecule has 10 heteroatoms. The van der Waals surface area contributed by atoms with Crippen LogP contribution in [0.2, 0.25) is 0 Å². The van der Waals surface area contributed by atoms with Crippen LogP contribution >= 0.6 is 0 Å². The van der Waals surface area contributed by atoms with E-state index >= 15 is 0 Å². The zero-order valence-electron chi connectivity index (χ0n) is 30.9. The molecule has 286 valence electrons. The molecular weight excluding hydrogens is 632 g/mol. The monoisotopic (exact) mass is 707 g/mol. The minimum atomic E-state index is -5.20. The lowest BCUT2D eigenvalue weighted by molar-refractivity contribution is -0.158. The Hall–Kier alpha value is -1.23. The van der Waals surface area contributed by atoms with E-state index in [-0.39, 0.29) is 26.1 Å². The maximum atomic E-state index is 12.4. The van der Waals surface area contributed by atoms with Crippen molar-refractivity contribution >= 4 is 22.1 Å². The average Bonchev–Trinajstić information content (AvgIpc) is 3.03. The fraction of sp³-hybridized carbons (Fsp3) is 0.947. The first kappa shape index (κ1) is 46.8. The van der Waals surface area contributed by atoms with Crippen LogP contribution in [-0.4, -0.2) is 66.8 Å². The highest BCUT2D eigenvalue weighted by molar-refractivity contribution is 7.87. The number of carboxylic acid groups (broad SMARTS) is 2. The van der Waals surface area contributed by atoms with Gasteiger partial charge in [-0.1, -0.05) is 168 Å². The van der Waals surface area contributed by atoms with E-state index in [1.165, 1.54) is 128 Å². The van der Waals surface area contributed by atoms with Gasteiger partial charge in [0.2, 0.25) is 0 Å². The summed E-state index contributed by atoms with van der Waals surface area (Å²) in [6, 6.07) is 0. The first-order valence-electron chi connectivity index (χ1n) is 19.7. The largest absolute Gasteiger partial charge is 0.481 e. The summed E-state index contributed by atoms with van der Waals surface area (Å²) in [5.41, 5.74) is -2.27. The smallest absolute Gasteiger partial charge is 0.325 e. The molecule has 0 aromatic carbocycles. The predicted octanol–water partition coefficient (Wildman–Crippen LogP) is 10.4. The van der Waals surface area contributed by atoms with Gasteiger partial charge in [-0.25, -0.2) is 0 Å². The van der Waals surface area contributed by atoms with Gasteiger partial charge in [-0.15, -0.1) is 0 Å². The van der Waals surface area contributed by atoms with Gasteiger partial charge >= 0.3 is 11.9 Å². The highest BCUT2D eigenvalue weighted by Gasteiger charge is 2.55. The van der Waals surface area contributed by atoms with E-state index in [4.69, 9.17) is 9.47 Å². The molecule has 0 heterocycles. The van der Waals surface area contributed by atoms with Crippen LogP contribution in [0.3, 0.4) is 0 Å². The normalized spacial score (nSPS) is 12.8. The van der Waals surface area contributed by atoms with Crippen molar-refractivity contribution in [1.29, 1.82) is 0 Å². The number of carboxylic acids is 2. The molecule has 9 nitrogen and oxygen atoms in total. The van der Waals surface area contributed by atoms with Gasteiger partial charge in [0.05, 0.1) is 0 Å². The molecule has 0 aliphatic rings. The van der Waals surface area contributed by atoms with Crippen molar-refractivity contribution in [3.63, 3.8) is 0 Å². The minimum absolute atomic E-state index is 0.122. The zero-order chi connectivity index (χ0) is 35.8. The second-order valence-corrected chi connectivity index (χ2v) is 15.4. The Bertz CT molecular complexity index is 826. The second kappa shape index (κ2) is 31.7. The van der Waals surface area contributed by atoms with E-state index < -0.39 is 32.7 Å². The fourth-order valence-corrected chi connectivity index (χ4v) is 7.68. The van der Waals surface area contributed by atoms with Gasteiger partial charge in [-0.05, 0) is 25.7 Å². The summed E-state index contributed by atoms with van der Waals surface area (Å²) in [5.74, 6) is -3.49. The molecule has 0 aliphatic carbocycles. The van der Waals surface area contributed by atoms with Crippen LogP contribution in [0, 0.1) is 5.41 Å². The van der Waals surface area contributed by atoms with Crippen molar-refractivity contribution in [2.45, 2.75) is 199 Å². The van der Waals surface area contributed by atoms with E-state index in [9.17, 15) is 32.8 Å². The topological polar surface area (TPSA) is 147 Å². The van der Waals surface area contributed by atoms with Gasteiger partial charge < -0.3 is 19.7 Å². The lowest BCUT2D eigenvalue weighted by atomic mass is 9.78. The standard InChI is InChI=1S/C38H74O9S/c1-3-5-7-9-11-13-15-17-19-21-23-25-27-31-46-33-29-38(37(41)42,35(36(39)40)48(43,44)45)30-34-47-32-28-26-24-22-20-18-16-14-12-10-8-6-4-2/h35H,3-34H2,1-2H3,(H,39,40)(H,41,42)(H,43,44,45). The first-order valence-corrected chi connectivity index (χ1v) is 21.2. The molecule has 0 radical (unpaired) electrons. The number of rotatable bonds is 38. The molecule has 1 unspecified atom stereocenters. The molecule has 0 saturated carbocycles. The Balaban J connectivity index is 4.38. The van der Waals surface area contributed by atoms with Crippen molar-refractivity contribution in [3.05, 3.63) is 0 Å². The molecule has 0 spiro atoms. The lowest BCUT2D eigenvalue weighted by Crippen LogP contribution is -2.52. The van der Waals surface area contributed by atoms with Crippen LogP contribution in [0.1, 0.15) is 194 Å². The second-order valence-electron chi connectivity index (χ2n) is 13.9. The highest BCUT2D eigenvalue weighted by Crippen LogP contribution is 2.36. The minimum Gasteiger partial charge on any atom is -0.481 e. The predicted molar refractivity (Wildman–Crippen MR) is 195 cm³/mol. The summed E-state index contributed by atoms with van der Waals surface area (Å²) in [6.45, 7) is 4.99. The van der Waals surface area contributed by atoms with Gasteiger partial charge in [0, 0.05) is 26.4 Å². The van der Waals surface area contributed by atoms with Crippen molar-refractivity contribution < 1.29 is 42.2 Å². The Morgan fingerprint density at radius 1 is 0.500 bits per heavy atom. The molecule has 0 aliphatic heterocycles. The zero-order valence-corrected chi connectivity index (χ0v) is 31.7. The first-order chi connectivity index (χ1) is 23.1. The molecule has 3 N–H and O–H groups in total. The maximum absolute atomic E-state index is 12.4. The van der Waals surface area contributed by atoms with Crippen molar-refractivity contribution in [3.8, 4) is 0 Å². The van der Waals surface area contributed by atoms with Crippen LogP contribution in [0.15, 0.2) is 0 Å². The van der Waals surface area contributed by atoms with Crippen molar-refractivity contribution in [2.75, 3.05) is 26.4 Å². The fourth-order valence-electron chi connectivity index (χ4n) is 6.52. The van der Waals surface area contributed by atoms with Crippen LogP contribution in [-0.2, 0) is 29.2 Å². The van der Waals surface area contributed by atoms with Crippen LogP contribution < -0.4 is 0 Å². The van der Waals surface area contributed by atoms with Gasteiger partial charge in [-0.2, -0.15) is 8.42 Å². The number of hydrogen-bond acceptors (Lipinski definition) is 6.